The Morgan fingerprint density at radius 2 is 1.88 bits per heavy atom. The lowest BCUT2D eigenvalue weighted by atomic mass is 10.1. The number of aryl methyl sites for hydroxylation is 1. The Balaban J connectivity index is 1.33. The molecule has 1 aliphatic rings. The molecular weight excluding hydrogens is 422 g/mol. The topological polar surface area (TPSA) is 106 Å². The average molecular weight is 450 g/mol. The van der Waals surface area contributed by atoms with Crippen LogP contribution in [0.1, 0.15) is 46.1 Å². The van der Waals surface area contributed by atoms with Gasteiger partial charge in [-0.15, -0.1) is 0 Å². The number of hydrogen-bond acceptors (Lipinski definition) is 7. The van der Waals surface area contributed by atoms with Crippen LogP contribution < -0.4 is 11.4 Å². The molecule has 33 heavy (non-hydrogen) atoms. The standard InChI is InChI=1S/C25H27N3O5/c1-17-7-9-19(10-8-17)24(29)32-16-21-11-12-22(33-21)28-13-20(23(26)27-25(28)30)15-31-14-18-5-3-2-4-6-18/h2-10,13,21-22H,11-12,14-16H2,1H3,(H2,26,27,30)/t21-,22+/m0/s1. The third kappa shape index (κ3) is 5.85. The fourth-order valence-electron chi connectivity index (χ4n) is 3.65. The largest absolute Gasteiger partial charge is 0.459 e. The number of benzene rings is 2. The number of anilines is 1. The molecule has 2 aromatic carbocycles. The molecule has 0 aliphatic carbocycles. The quantitative estimate of drug-likeness (QED) is 0.526. The normalized spacial score (nSPS) is 17.7. The maximum Gasteiger partial charge on any atom is 0.351 e. The molecular formula is C25H27N3O5. The Bertz CT molecular complexity index is 1140. The zero-order chi connectivity index (χ0) is 23.2. The van der Waals surface area contributed by atoms with Crippen molar-refractivity contribution in [2.24, 2.45) is 0 Å². The molecule has 1 saturated heterocycles. The van der Waals surface area contributed by atoms with Crippen LogP contribution in [0.5, 0.6) is 0 Å². The van der Waals surface area contributed by atoms with Crippen molar-refractivity contribution < 1.29 is 19.0 Å². The van der Waals surface area contributed by atoms with Crippen LogP contribution in [-0.4, -0.2) is 28.2 Å². The molecule has 172 valence electrons. The number of carbonyl (C=O) groups excluding carboxylic acids is 1. The first kappa shape index (κ1) is 22.7. The minimum absolute atomic E-state index is 0.118. The second-order valence-corrected chi connectivity index (χ2v) is 8.07. The van der Waals surface area contributed by atoms with Crippen molar-refractivity contribution in [3.05, 3.63) is 93.5 Å². The zero-order valence-corrected chi connectivity index (χ0v) is 18.5. The Hall–Kier alpha value is -3.49. The van der Waals surface area contributed by atoms with Crippen molar-refractivity contribution in [3.63, 3.8) is 0 Å². The number of nitrogens with two attached hydrogens (primary N) is 1. The van der Waals surface area contributed by atoms with E-state index in [1.807, 2.05) is 49.4 Å². The molecule has 0 amide bonds. The van der Waals surface area contributed by atoms with Gasteiger partial charge in [0.25, 0.3) is 0 Å². The van der Waals surface area contributed by atoms with Crippen LogP contribution in [0.25, 0.3) is 0 Å². The smallest absolute Gasteiger partial charge is 0.351 e. The van der Waals surface area contributed by atoms with Crippen molar-refractivity contribution >= 4 is 11.8 Å². The number of nitrogens with zero attached hydrogens (tertiary/aromatic N) is 2. The number of aromatic nitrogens is 2. The van der Waals surface area contributed by atoms with Crippen molar-refractivity contribution in [1.82, 2.24) is 9.55 Å². The van der Waals surface area contributed by atoms with Gasteiger partial charge in [0, 0.05) is 11.8 Å². The van der Waals surface area contributed by atoms with Crippen molar-refractivity contribution in [2.45, 2.75) is 45.3 Å². The minimum atomic E-state index is -0.499. The molecule has 8 heteroatoms. The van der Waals surface area contributed by atoms with E-state index in [4.69, 9.17) is 19.9 Å². The van der Waals surface area contributed by atoms with E-state index >= 15 is 0 Å². The number of rotatable bonds is 8. The van der Waals surface area contributed by atoms with Gasteiger partial charge in [-0.1, -0.05) is 48.0 Å². The Kier molecular flexibility index (Phi) is 7.16. The van der Waals surface area contributed by atoms with Crippen molar-refractivity contribution in [2.75, 3.05) is 12.3 Å². The molecule has 8 nitrogen and oxygen atoms in total. The van der Waals surface area contributed by atoms with E-state index in [1.54, 1.807) is 18.3 Å². The van der Waals surface area contributed by atoms with Gasteiger partial charge < -0.3 is 19.9 Å². The summed E-state index contributed by atoms with van der Waals surface area (Å²) >= 11 is 0. The van der Waals surface area contributed by atoms with Gasteiger partial charge >= 0.3 is 11.7 Å². The summed E-state index contributed by atoms with van der Waals surface area (Å²) in [5, 5.41) is 0. The number of hydrogen-bond donors (Lipinski definition) is 1. The van der Waals surface area contributed by atoms with E-state index in [-0.39, 0.29) is 25.1 Å². The van der Waals surface area contributed by atoms with Crippen LogP contribution in [0.15, 0.2) is 65.6 Å². The maximum absolute atomic E-state index is 12.4. The predicted molar refractivity (Wildman–Crippen MR) is 122 cm³/mol. The van der Waals surface area contributed by atoms with E-state index < -0.39 is 17.9 Å². The molecule has 1 aromatic heterocycles. The minimum Gasteiger partial charge on any atom is -0.459 e. The molecule has 4 rings (SSSR count). The Morgan fingerprint density at radius 3 is 2.64 bits per heavy atom. The van der Waals surface area contributed by atoms with Gasteiger partial charge in [0.15, 0.2) is 0 Å². The van der Waals surface area contributed by atoms with Crippen LogP contribution >= 0.6 is 0 Å². The highest BCUT2D eigenvalue weighted by Crippen LogP contribution is 2.28. The lowest BCUT2D eigenvalue weighted by Crippen LogP contribution is -2.29. The first-order valence-corrected chi connectivity index (χ1v) is 10.9. The fraction of sp³-hybridized carbons (Fsp3) is 0.320. The highest BCUT2D eigenvalue weighted by molar-refractivity contribution is 5.89. The molecule has 0 radical (unpaired) electrons. The maximum atomic E-state index is 12.4. The van der Waals surface area contributed by atoms with Gasteiger partial charge in [0.1, 0.15) is 18.7 Å². The molecule has 2 N–H and O–H groups in total. The van der Waals surface area contributed by atoms with Crippen LogP contribution in [0, 0.1) is 6.92 Å². The highest BCUT2D eigenvalue weighted by atomic mass is 16.6. The predicted octanol–water partition coefficient (Wildman–Crippen LogP) is 3.39. The number of ether oxygens (including phenoxy) is 3. The first-order chi connectivity index (χ1) is 16.0. The van der Waals surface area contributed by atoms with Gasteiger partial charge in [0.05, 0.1) is 24.9 Å². The summed E-state index contributed by atoms with van der Waals surface area (Å²) in [6, 6.07) is 17.0. The van der Waals surface area contributed by atoms with Crippen LogP contribution in [0.3, 0.4) is 0 Å². The molecule has 1 fully saturated rings. The summed E-state index contributed by atoms with van der Waals surface area (Å²) in [5.41, 5.74) is 8.67. The zero-order valence-electron chi connectivity index (χ0n) is 18.5. The molecule has 0 bridgehead atoms. The monoisotopic (exact) mass is 449 g/mol. The molecule has 2 atom stereocenters. The van der Waals surface area contributed by atoms with E-state index in [0.29, 0.717) is 30.6 Å². The second-order valence-electron chi connectivity index (χ2n) is 8.07. The van der Waals surface area contributed by atoms with E-state index in [2.05, 4.69) is 4.98 Å². The lowest BCUT2D eigenvalue weighted by molar-refractivity contribution is -0.0341. The number of carbonyl (C=O) groups is 1. The van der Waals surface area contributed by atoms with Crippen LogP contribution in [-0.2, 0) is 27.4 Å². The van der Waals surface area contributed by atoms with Gasteiger partial charge in [-0.05, 0) is 37.5 Å². The lowest BCUT2D eigenvalue weighted by Gasteiger charge is -2.17. The summed E-state index contributed by atoms with van der Waals surface area (Å²) in [4.78, 5) is 28.6. The van der Waals surface area contributed by atoms with E-state index in [9.17, 15) is 9.59 Å². The van der Waals surface area contributed by atoms with Crippen molar-refractivity contribution in [3.8, 4) is 0 Å². The summed E-state index contributed by atoms with van der Waals surface area (Å²) in [5.74, 6) is -0.253. The summed E-state index contributed by atoms with van der Waals surface area (Å²) in [7, 11) is 0. The Labute approximate surface area is 191 Å². The number of esters is 1. The number of nitrogen functional groups attached to an aromatic ring is 1. The van der Waals surface area contributed by atoms with Crippen LogP contribution in [0.2, 0.25) is 0 Å². The molecule has 1 aliphatic heterocycles. The third-order valence-electron chi connectivity index (χ3n) is 5.51. The van der Waals surface area contributed by atoms with E-state index in [1.165, 1.54) is 4.57 Å². The molecule has 0 unspecified atom stereocenters. The molecule has 2 heterocycles. The van der Waals surface area contributed by atoms with Gasteiger partial charge in [-0.3, -0.25) is 4.57 Å². The fourth-order valence-corrected chi connectivity index (χ4v) is 3.65. The van der Waals surface area contributed by atoms with E-state index in [0.717, 1.165) is 11.1 Å². The SMILES string of the molecule is Cc1ccc(C(=O)OC[C@@H]2CC[C@H](n3cc(COCc4ccccc4)c(N)nc3=O)O2)cc1. The van der Waals surface area contributed by atoms with Gasteiger partial charge in [-0.25, -0.2) is 9.59 Å². The van der Waals surface area contributed by atoms with Crippen molar-refractivity contribution in [1.29, 1.82) is 0 Å². The van der Waals surface area contributed by atoms with Gasteiger partial charge in [0.2, 0.25) is 0 Å². The summed E-state index contributed by atoms with van der Waals surface area (Å²) < 4.78 is 18.5. The summed E-state index contributed by atoms with van der Waals surface area (Å²) in [6.07, 6.45) is 2.10. The van der Waals surface area contributed by atoms with Gasteiger partial charge in [-0.2, -0.15) is 4.98 Å². The average Bonchev–Trinajstić information content (AvgIpc) is 3.29. The molecule has 3 aromatic rings. The van der Waals surface area contributed by atoms with Crippen LogP contribution in [0.4, 0.5) is 5.82 Å². The third-order valence-corrected chi connectivity index (χ3v) is 5.51. The highest BCUT2D eigenvalue weighted by Gasteiger charge is 2.29. The Morgan fingerprint density at radius 1 is 1.12 bits per heavy atom. The molecule has 0 spiro atoms. The first-order valence-electron chi connectivity index (χ1n) is 10.9. The second kappa shape index (κ2) is 10.4. The summed E-state index contributed by atoms with van der Waals surface area (Å²) in [6.45, 7) is 2.72. The molecule has 0 saturated carbocycles.